The van der Waals surface area contributed by atoms with Crippen LogP contribution in [0.15, 0.2) is 11.1 Å². The Morgan fingerprint density at radius 3 is 1.88 bits per heavy atom. The van der Waals surface area contributed by atoms with E-state index in [1.165, 1.54) is 11.6 Å². The maximum absolute atomic E-state index is 2.35. The van der Waals surface area contributed by atoms with Crippen molar-refractivity contribution in [3.05, 3.63) is 11.1 Å². The molecule has 0 aromatic heterocycles. The molecule has 0 saturated heterocycles. The van der Waals surface area contributed by atoms with Crippen LogP contribution < -0.4 is 0 Å². The molecule has 0 N–H and O–H groups in total. The van der Waals surface area contributed by atoms with Gasteiger partial charge in [0.05, 0.1) is 0 Å². The molecule has 0 amide bonds. The van der Waals surface area contributed by atoms with Gasteiger partial charge in [0, 0.05) is 9.52 Å². The van der Waals surface area contributed by atoms with Crippen LogP contribution in [-0.2, 0) is 0 Å². The maximum atomic E-state index is 2.35. The lowest BCUT2D eigenvalue weighted by molar-refractivity contribution is 1.22. The topological polar surface area (TPSA) is 0 Å². The van der Waals surface area contributed by atoms with E-state index in [-0.39, 0.29) is 9.52 Å². The average Bonchev–Trinajstić information content (AvgIpc) is 1.67. The molecule has 1 heteroatoms. The fourth-order valence-corrected chi connectivity index (χ4v) is 1.87. The summed E-state index contributed by atoms with van der Waals surface area (Å²) in [6, 6.07) is 1.41. The van der Waals surface area contributed by atoms with Gasteiger partial charge in [0.2, 0.25) is 0 Å². The predicted octanol–water partition coefficient (Wildman–Crippen LogP) is 1.98. The summed E-state index contributed by atoms with van der Waals surface area (Å²) in [7, 11) is 0.266. The first kappa shape index (κ1) is 7.96. The van der Waals surface area contributed by atoms with Crippen molar-refractivity contribution in [1.29, 1.82) is 0 Å². The average molecular weight is 128 g/mol. The summed E-state index contributed by atoms with van der Waals surface area (Å²) in [6.45, 7) is 8.98. The molecular weight excluding hydrogens is 112 g/mol. The summed E-state index contributed by atoms with van der Waals surface area (Å²) >= 11 is 0. The van der Waals surface area contributed by atoms with Crippen LogP contribution in [0.1, 0.15) is 20.8 Å². The molecule has 0 atom stereocenters. The Morgan fingerprint density at radius 2 is 1.75 bits per heavy atom. The van der Waals surface area contributed by atoms with Gasteiger partial charge in [-0.2, -0.15) is 0 Å². The highest BCUT2D eigenvalue weighted by atomic mass is 28.2. The Balaban J connectivity index is 3.62. The molecule has 0 heterocycles. The van der Waals surface area contributed by atoms with Gasteiger partial charge in [-0.05, 0) is 26.8 Å². The maximum Gasteiger partial charge on any atom is 0.0212 e. The molecule has 0 rings (SSSR count). The molecular formula is C7H16Si. The zero-order valence-corrected chi connectivity index (χ0v) is 7.83. The van der Waals surface area contributed by atoms with Crippen LogP contribution in [0.4, 0.5) is 0 Å². The van der Waals surface area contributed by atoms with Crippen molar-refractivity contribution in [2.45, 2.75) is 33.4 Å². The van der Waals surface area contributed by atoms with Crippen LogP contribution in [0, 0.1) is 0 Å². The van der Waals surface area contributed by atoms with Crippen molar-refractivity contribution in [3.63, 3.8) is 0 Å². The van der Waals surface area contributed by atoms with Crippen LogP contribution in [0.2, 0.25) is 12.6 Å². The Morgan fingerprint density at radius 1 is 1.25 bits per heavy atom. The zero-order valence-electron chi connectivity index (χ0n) is 6.41. The van der Waals surface area contributed by atoms with E-state index in [4.69, 9.17) is 0 Å². The first-order valence-electron chi connectivity index (χ1n) is 3.31. The molecule has 8 heavy (non-hydrogen) atoms. The van der Waals surface area contributed by atoms with E-state index >= 15 is 0 Å². The Hall–Kier alpha value is -0.0431. The highest BCUT2D eigenvalue weighted by Crippen LogP contribution is 2.05. The largest absolute Gasteiger partial charge is 0.0779 e. The first-order valence-corrected chi connectivity index (χ1v) is 5.72. The van der Waals surface area contributed by atoms with Crippen molar-refractivity contribution >= 4 is 9.52 Å². The van der Waals surface area contributed by atoms with Crippen LogP contribution in [0.5, 0.6) is 0 Å². The number of rotatable bonds is 2. The standard InChI is InChI=1S/C7H16Si/c1-6(2)7(3)5-8-4/h5,8H2,1-4H3. The molecule has 0 unspecified atom stereocenters. The van der Waals surface area contributed by atoms with Crippen molar-refractivity contribution in [1.82, 2.24) is 0 Å². The minimum Gasteiger partial charge on any atom is -0.0779 e. The minimum atomic E-state index is 0.266. The lowest BCUT2D eigenvalue weighted by Crippen LogP contribution is -1.84. The summed E-state index contributed by atoms with van der Waals surface area (Å²) in [5.41, 5.74) is 3.12. The van der Waals surface area contributed by atoms with Gasteiger partial charge in [0.15, 0.2) is 0 Å². The normalized spacial score (nSPS) is 10.5. The monoisotopic (exact) mass is 128 g/mol. The zero-order chi connectivity index (χ0) is 6.57. The summed E-state index contributed by atoms with van der Waals surface area (Å²) in [6.07, 6.45) is 0. The third-order valence-electron chi connectivity index (χ3n) is 1.48. The second-order valence-electron chi connectivity index (χ2n) is 2.53. The molecule has 0 bridgehead atoms. The second-order valence-corrected chi connectivity index (χ2v) is 4.03. The summed E-state index contributed by atoms with van der Waals surface area (Å²) in [5.74, 6) is 0. The van der Waals surface area contributed by atoms with Gasteiger partial charge in [-0.1, -0.05) is 17.7 Å². The van der Waals surface area contributed by atoms with Crippen LogP contribution in [0.25, 0.3) is 0 Å². The van der Waals surface area contributed by atoms with E-state index in [1.54, 1.807) is 5.57 Å². The lowest BCUT2D eigenvalue weighted by Gasteiger charge is -1.97. The molecule has 0 spiro atoms. The summed E-state index contributed by atoms with van der Waals surface area (Å²) in [5, 5.41) is 0. The van der Waals surface area contributed by atoms with Gasteiger partial charge in [-0.3, -0.25) is 0 Å². The predicted molar refractivity (Wildman–Crippen MR) is 43.3 cm³/mol. The minimum absolute atomic E-state index is 0.266. The van der Waals surface area contributed by atoms with Gasteiger partial charge in [0.1, 0.15) is 0 Å². The van der Waals surface area contributed by atoms with Gasteiger partial charge in [0.25, 0.3) is 0 Å². The van der Waals surface area contributed by atoms with Crippen molar-refractivity contribution < 1.29 is 0 Å². The van der Waals surface area contributed by atoms with E-state index < -0.39 is 0 Å². The quantitative estimate of drug-likeness (QED) is 0.394. The van der Waals surface area contributed by atoms with Gasteiger partial charge < -0.3 is 0 Å². The fraction of sp³-hybridized carbons (Fsp3) is 0.714. The highest BCUT2D eigenvalue weighted by Gasteiger charge is 1.87. The van der Waals surface area contributed by atoms with Crippen molar-refractivity contribution in [2.75, 3.05) is 0 Å². The van der Waals surface area contributed by atoms with Crippen LogP contribution in [-0.4, -0.2) is 9.52 Å². The summed E-state index contributed by atoms with van der Waals surface area (Å²) in [4.78, 5) is 0. The number of hydrogen-bond acceptors (Lipinski definition) is 0. The van der Waals surface area contributed by atoms with Crippen molar-refractivity contribution in [2.24, 2.45) is 0 Å². The van der Waals surface area contributed by atoms with E-state index in [9.17, 15) is 0 Å². The number of allylic oxidation sites excluding steroid dienone is 2. The second kappa shape index (κ2) is 3.90. The molecule has 0 aliphatic carbocycles. The molecule has 0 aromatic rings. The molecule has 0 aliphatic rings. The smallest absolute Gasteiger partial charge is 0.0212 e. The van der Waals surface area contributed by atoms with E-state index in [0.29, 0.717) is 0 Å². The SMILES string of the molecule is C[SiH2]CC(C)=C(C)C. The molecule has 0 saturated carbocycles. The van der Waals surface area contributed by atoms with Gasteiger partial charge in [-0.25, -0.2) is 0 Å². The first-order chi connectivity index (χ1) is 3.68. The van der Waals surface area contributed by atoms with Crippen molar-refractivity contribution in [3.8, 4) is 0 Å². The van der Waals surface area contributed by atoms with Gasteiger partial charge in [-0.15, -0.1) is 0 Å². The summed E-state index contributed by atoms with van der Waals surface area (Å²) < 4.78 is 0. The van der Waals surface area contributed by atoms with Gasteiger partial charge >= 0.3 is 0 Å². The molecule has 0 radical (unpaired) electrons. The highest BCUT2D eigenvalue weighted by molar-refractivity contribution is 6.34. The molecule has 0 aromatic carbocycles. The third kappa shape index (κ3) is 3.02. The Kier molecular flexibility index (Phi) is 3.88. The van der Waals surface area contributed by atoms with E-state index in [0.717, 1.165) is 0 Å². The molecule has 0 aliphatic heterocycles. The van der Waals surface area contributed by atoms with E-state index in [2.05, 4.69) is 27.3 Å². The fourth-order valence-electron chi connectivity index (χ4n) is 0.625. The third-order valence-corrected chi connectivity index (χ3v) is 2.73. The van der Waals surface area contributed by atoms with Crippen LogP contribution >= 0.6 is 0 Å². The molecule has 0 fully saturated rings. The Bertz CT molecular complexity index is 88.6. The van der Waals surface area contributed by atoms with E-state index in [1.807, 2.05) is 0 Å². The number of hydrogen-bond donors (Lipinski definition) is 0. The Labute approximate surface area is 54.8 Å². The lowest BCUT2D eigenvalue weighted by atomic mass is 10.2. The van der Waals surface area contributed by atoms with Crippen LogP contribution in [0.3, 0.4) is 0 Å². The molecule has 48 valence electrons. The molecule has 0 nitrogen and oxygen atoms in total.